The van der Waals surface area contributed by atoms with Crippen molar-refractivity contribution in [3.8, 4) is 11.6 Å². The molecule has 3 rings (SSSR count). The molecule has 2 aromatic heterocycles. The molecular weight excluding hydrogens is 245 g/mol. The van der Waals surface area contributed by atoms with E-state index in [9.17, 15) is 4.39 Å². The van der Waals surface area contributed by atoms with E-state index in [1.807, 2.05) is 12.1 Å². The van der Waals surface area contributed by atoms with E-state index in [1.165, 1.54) is 6.07 Å². The molecule has 0 aliphatic heterocycles. The minimum absolute atomic E-state index is 0.170. The number of nitrogens with zero attached hydrogens (tertiary/aromatic N) is 2. The summed E-state index contributed by atoms with van der Waals surface area (Å²) in [5.41, 5.74) is 6.66. The van der Waals surface area contributed by atoms with Crippen molar-refractivity contribution in [1.82, 2.24) is 9.38 Å². The molecule has 0 atom stereocenters. The standard InChI is InChI=1S/C14H12FN3O/c15-12-8-11(5-4-10(12)9-16)19-14-3-1-2-13-17-6-7-18(13)14/h1-8H,9,16H2. The maximum Gasteiger partial charge on any atom is 0.205 e. The summed E-state index contributed by atoms with van der Waals surface area (Å²) in [6.45, 7) is 0.170. The molecule has 1 aromatic carbocycles. The van der Waals surface area contributed by atoms with E-state index in [2.05, 4.69) is 4.98 Å². The summed E-state index contributed by atoms with van der Waals surface area (Å²) < 4.78 is 21.1. The molecule has 0 unspecified atom stereocenters. The van der Waals surface area contributed by atoms with Crippen LogP contribution in [0.1, 0.15) is 5.56 Å². The number of benzene rings is 1. The topological polar surface area (TPSA) is 52.5 Å². The molecule has 0 aliphatic carbocycles. The first-order chi connectivity index (χ1) is 9.28. The lowest BCUT2D eigenvalue weighted by molar-refractivity contribution is 0.451. The summed E-state index contributed by atoms with van der Waals surface area (Å²) in [7, 11) is 0. The van der Waals surface area contributed by atoms with Gasteiger partial charge < -0.3 is 10.5 Å². The van der Waals surface area contributed by atoms with Crippen molar-refractivity contribution in [2.24, 2.45) is 5.73 Å². The van der Waals surface area contributed by atoms with Gasteiger partial charge >= 0.3 is 0 Å². The number of rotatable bonds is 3. The number of aromatic nitrogens is 2. The monoisotopic (exact) mass is 257 g/mol. The van der Waals surface area contributed by atoms with Gasteiger partial charge in [0.25, 0.3) is 0 Å². The molecule has 96 valence electrons. The first kappa shape index (κ1) is 11.7. The lowest BCUT2D eigenvalue weighted by Gasteiger charge is -2.09. The Morgan fingerprint density at radius 2 is 2.16 bits per heavy atom. The van der Waals surface area contributed by atoms with E-state index >= 15 is 0 Å². The van der Waals surface area contributed by atoms with Crippen molar-refractivity contribution >= 4 is 5.65 Å². The fourth-order valence-electron chi connectivity index (χ4n) is 1.88. The van der Waals surface area contributed by atoms with Gasteiger partial charge in [-0.05, 0) is 18.2 Å². The van der Waals surface area contributed by atoms with Crippen molar-refractivity contribution < 1.29 is 9.13 Å². The summed E-state index contributed by atoms with van der Waals surface area (Å²) >= 11 is 0. The number of nitrogens with two attached hydrogens (primary N) is 1. The van der Waals surface area contributed by atoms with Crippen LogP contribution in [-0.4, -0.2) is 9.38 Å². The van der Waals surface area contributed by atoms with E-state index in [4.69, 9.17) is 10.5 Å². The predicted octanol–water partition coefficient (Wildman–Crippen LogP) is 2.72. The van der Waals surface area contributed by atoms with Crippen LogP contribution >= 0.6 is 0 Å². The van der Waals surface area contributed by atoms with Gasteiger partial charge in [-0.1, -0.05) is 12.1 Å². The average Bonchev–Trinajstić information content (AvgIpc) is 2.88. The molecule has 5 heteroatoms. The minimum atomic E-state index is -0.363. The normalized spacial score (nSPS) is 10.8. The van der Waals surface area contributed by atoms with Gasteiger partial charge in [0.1, 0.15) is 17.2 Å². The number of imidazole rings is 1. The number of halogens is 1. The molecule has 0 amide bonds. The van der Waals surface area contributed by atoms with Crippen LogP contribution < -0.4 is 10.5 Å². The average molecular weight is 257 g/mol. The fourth-order valence-corrected chi connectivity index (χ4v) is 1.88. The van der Waals surface area contributed by atoms with Gasteiger partial charge in [0.05, 0.1) is 0 Å². The number of ether oxygens (including phenoxy) is 1. The van der Waals surface area contributed by atoms with Crippen molar-refractivity contribution in [3.05, 3.63) is 60.2 Å². The largest absolute Gasteiger partial charge is 0.440 e. The Labute approximate surface area is 109 Å². The third kappa shape index (κ3) is 2.15. The first-order valence-electron chi connectivity index (χ1n) is 5.86. The van der Waals surface area contributed by atoms with Gasteiger partial charge in [-0.2, -0.15) is 0 Å². The fraction of sp³-hybridized carbons (Fsp3) is 0.0714. The third-order valence-corrected chi connectivity index (χ3v) is 2.86. The summed E-state index contributed by atoms with van der Waals surface area (Å²) in [6.07, 6.45) is 3.47. The lowest BCUT2D eigenvalue weighted by atomic mass is 10.2. The highest BCUT2D eigenvalue weighted by atomic mass is 19.1. The van der Waals surface area contributed by atoms with Crippen LogP contribution in [0.2, 0.25) is 0 Å². The Morgan fingerprint density at radius 1 is 1.26 bits per heavy atom. The highest BCUT2D eigenvalue weighted by Crippen LogP contribution is 2.24. The van der Waals surface area contributed by atoms with Crippen molar-refractivity contribution in [3.63, 3.8) is 0 Å². The molecular formula is C14H12FN3O. The molecule has 0 spiro atoms. The number of fused-ring (bicyclic) bond motifs is 1. The van der Waals surface area contributed by atoms with Crippen LogP contribution in [0.5, 0.6) is 11.6 Å². The predicted molar refractivity (Wildman–Crippen MR) is 69.6 cm³/mol. The van der Waals surface area contributed by atoms with Gasteiger partial charge in [0, 0.05) is 30.6 Å². The maximum atomic E-state index is 13.6. The zero-order chi connectivity index (χ0) is 13.2. The molecule has 0 radical (unpaired) electrons. The highest BCUT2D eigenvalue weighted by Gasteiger charge is 2.06. The summed E-state index contributed by atoms with van der Waals surface area (Å²) in [6, 6.07) is 10.1. The van der Waals surface area contributed by atoms with Crippen molar-refractivity contribution in [1.29, 1.82) is 0 Å². The van der Waals surface area contributed by atoms with Crippen LogP contribution in [-0.2, 0) is 6.54 Å². The minimum Gasteiger partial charge on any atom is -0.440 e. The Hall–Kier alpha value is -2.40. The molecule has 0 fully saturated rings. The Bertz CT molecular complexity index is 724. The SMILES string of the molecule is NCc1ccc(Oc2cccc3nccn23)cc1F. The van der Waals surface area contributed by atoms with Gasteiger partial charge in [-0.15, -0.1) is 0 Å². The van der Waals surface area contributed by atoms with E-state index in [0.29, 0.717) is 17.2 Å². The summed E-state index contributed by atoms with van der Waals surface area (Å²) in [5.74, 6) is 0.642. The number of hydrogen-bond donors (Lipinski definition) is 1. The second kappa shape index (κ2) is 4.70. The molecule has 2 N–H and O–H groups in total. The molecule has 2 heterocycles. The Morgan fingerprint density at radius 3 is 2.95 bits per heavy atom. The maximum absolute atomic E-state index is 13.6. The quantitative estimate of drug-likeness (QED) is 0.785. The van der Waals surface area contributed by atoms with E-state index in [1.54, 1.807) is 35.0 Å². The molecule has 19 heavy (non-hydrogen) atoms. The van der Waals surface area contributed by atoms with Gasteiger partial charge in [0.2, 0.25) is 5.88 Å². The van der Waals surface area contributed by atoms with Crippen LogP contribution in [0.3, 0.4) is 0 Å². The molecule has 0 saturated carbocycles. The summed E-state index contributed by atoms with van der Waals surface area (Å²) in [4.78, 5) is 4.16. The van der Waals surface area contributed by atoms with E-state index in [0.717, 1.165) is 5.65 Å². The van der Waals surface area contributed by atoms with Gasteiger partial charge in [-0.3, -0.25) is 4.40 Å². The molecule has 4 nitrogen and oxygen atoms in total. The molecule has 0 saturated heterocycles. The highest BCUT2D eigenvalue weighted by molar-refractivity contribution is 5.43. The van der Waals surface area contributed by atoms with Crippen molar-refractivity contribution in [2.45, 2.75) is 6.54 Å². The van der Waals surface area contributed by atoms with Crippen LogP contribution in [0.15, 0.2) is 48.8 Å². The van der Waals surface area contributed by atoms with Gasteiger partial charge in [0.15, 0.2) is 0 Å². The molecule has 3 aromatic rings. The zero-order valence-corrected chi connectivity index (χ0v) is 10.1. The third-order valence-electron chi connectivity index (χ3n) is 2.86. The van der Waals surface area contributed by atoms with Crippen LogP contribution in [0, 0.1) is 5.82 Å². The lowest BCUT2D eigenvalue weighted by Crippen LogP contribution is -2.00. The number of hydrogen-bond acceptors (Lipinski definition) is 3. The van der Waals surface area contributed by atoms with Crippen molar-refractivity contribution in [2.75, 3.05) is 0 Å². The number of pyridine rings is 1. The van der Waals surface area contributed by atoms with Crippen LogP contribution in [0.25, 0.3) is 5.65 Å². The zero-order valence-electron chi connectivity index (χ0n) is 10.1. The van der Waals surface area contributed by atoms with E-state index in [-0.39, 0.29) is 12.4 Å². The Balaban J connectivity index is 1.97. The van der Waals surface area contributed by atoms with Gasteiger partial charge in [-0.25, -0.2) is 9.37 Å². The molecule has 0 bridgehead atoms. The second-order valence-corrected chi connectivity index (χ2v) is 4.08. The smallest absolute Gasteiger partial charge is 0.205 e. The first-order valence-corrected chi connectivity index (χ1v) is 5.86. The summed E-state index contributed by atoms with van der Waals surface area (Å²) in [5, 5.41) is 0. The molecule has 0 aliphatic rings. The Kier molecular flexibility index (Phi) is 2.89. The second-order valence-electron chi connectivity index (χ2n) is 4.08. The van der Waals surface area contributed by atoms with Crippen LogP contribution in [0.4, 0.5) is 4.39 Å². The van der Waals surface area contributed by atoms with E-state index < -0.39 is 0 Å².